The van der Waals surface area contributed by atoms with E-state index < -0.39 is 5.91 Å². The zero-order valence-corrected chi connectivity index (χ0v) is 18.3. The van der Waals surface area contributed by atoms with E-state index in [2.05, 4.69) is 10.4 Å². The highest BCUT2D eigenvalue weighted by atomic mass is 32.2. The number of hydrogen-bond acceptors (Lipinski definition) is 6. The van der Waals surface area contributed by atoms with Gasteiger partial charge in [0.1, 0.15) is 11.6 Å². The van der Waals surface area contributed by atoms with Crippen molar-refractivity contribution >= 4 is 29.4 Å². The Kier molecular flexibility index (Phi) is 5.85. The Morgan fingerprint density at radius 1 is 1.39 bits per heavy atom. The van der Waals surface area contributed by atoms with E-state index in [0.717, 1.165) is 12.0 Å². The minimum Gasteiger partial charge on any atom is -0.484 e. The zero-order chi connectivity index (χ0) is 22.2. The molecule has 1 aromatic heterocycles. The van der Waals surface area contributed by atoms with Crippen molar-refractivity contribution in [1.29, 1.82) is 0 Å². The van der Waals surface area contributed by atoms with Crippen molar-refractivity contribution in [2.75, 3.05) is 24.3 Å². The number of amides is 2. The van der Waals surface area contributed by atoms with Crippen LogP contribution in [0.25, 0.3) is 0 Å². The van der Waals surface area contributed by atoms with Gasteiger partial charge in [0.05, 0.1) is 28.2 Å². The van der Waals surface area contributed by atoms with Gasteiger partial charge in [-0.25, -0.2) is 0 Å². The summed E-state index contributed by atoms with van der Waals surface area (Å²) in [5.41, 5.74) is 5.93. The van der Waals surface area contributed by atoms with E-state index in [9.17, 15) is 14.4 Å². The van der Waals surface area contributed by atoms with E-state index >= 15 is 0 Å². The van der Waals surface area contributed by atoms with Crippen LogP contribution in [0.1, 0.15) is 49.1 Å². The van der Waals surface area contributed by atoms with Gasteiger partial charge in [0, 0.05) is 6.61 Å². The van der Waals surface area contributed by atoms with Crippen molar-refractivity contribution in [3.8, 4) is 5.75 Å². The molecule has 0 unspecified atom stereocenters. The summed E-state index contributed by atoms with van der Waals surface area (Å²) in [6.45, 7) is 4.39. The number of thioether (sulfide) groups is 1. The molecule has 2 aliphatic rings. The smallest absolute Gasteiger partial charge is 0.270 e. The molecule has 1 aromatic carbocycles. The third-order valence-electron chi connectivity index (χ3n) is 5.44. The second-order valence-corrected chi connectivity index (χ2v) is 9.49. The van der Waals surface area contributed by atoms with Crippen molar-refractivity contribution < 1.29 is 19.1 Å². The van der Waals surface area contributed by atoms with Crippen LogP contribution >= 0.6 is 11.8 Å². The van der Waals surface area contributed by atoms with Crippen molar-refractivity contribution in [2.45, 2.75) is 43.6 Å². The molecule has 2 amide bonds. The fraction of sp³-hybridized carbons (Fsp3) is 0.476. The molecule has 4 N–H and O–H groups in total. The molecule has 10 heteroatoms. The molecule has 4 rings (SSSR count). The van der Waals surface area contributed by atoms with Crippen molar-refractivity contribution in [1.82, 2.24) is 9.78 Å². The molecule has 2 aromatic rings. The lowest BCUT2D eigenvalue weighted by molar-refractivity contribution is -0.120. The van der Waals surface area contributed by atoms with Gasteiger partial charge in [0.25, 0.3) is 11.5 Å². The summed E-state index contributed by atoms with van der Waals surface area (Å²) in [6.07, 6.45) is 1.46. The maximum Gasteiger partial charge on any atom is 0.270 e. The summed E-state index contributed by atoms with van der Waals surface area (Å²) in [4.78, 5) is 36.6. The first-order valence-electron chi connectivity index (χ1n) is 10.1. The maximum atomic E-state index is 13.1. The van der Waals surface area contributed by atoms with Gasteiger partial charge >= 0.3 is 0 Å². The first kappa shape index (κ1) is 21.5. The van der Waals surface area contributed by atoms with Crippen LogP contribution in [0.5, 0.6) is 5.75 Å². The molecular formula is C21H26N4O5S. The molecular weight excluding hydrogens is 420 g/mol. The number of nitrogens with zero attached hydrogens (tertiary/aromatic N) is 1. The Hall–Kier alpha value is -2.72. The fourth-order valence-corrected chi connectivity index (χ4v) is 5.24. The van der Waals surface area contributed by atoms with E-state index in [0.29, 0.717) is 30.2 Å². The highest BCUT2D eigenvalue weighted by Crippen LogP contribution is 2.42. The van der Waals surface area contributed by atoms with E-state index in [1.807, 2.05) is 19.9 Å². The van der Waals surface area contributed by atoms with Crippen LogP contribution < -0.4 is 21.3 Å². The summed E-state index contributed by atoms with van der Waals surface area (Å²) in [5, 5.41) is 5.51. The van der Waals surface area contributed by atoms with E-state index in [4.69, 9.17) is 15.2 Å². The monoisotopic (exact) mass is 446 g/mol. The van der Waals surface area contributed by atoms with Gasteiger partial charge in [-0.05, 0) is 44.4 Å². The number of nitrogens with one attached hydrogen (secondary N) is 2. The van der Waals surface area contributed by atoms with Crippen molar-refractivity contribution in [3.63, 3.8) is 0 Å². The average Bonchev–Trinajstić information content (AvgIpc) is 2.91. The van der Waals surface area contributed by atoms with Gasteiger partial charge < -0.3 is 20.5 Å². The summed E-state index contributed by atoms with van der Waals surface area (Å²) in [5.74, 6) is 0.470. The minimum absolute atomic E-state index is 0.00878. The van der Waals surface area contributed by atoms with Gasteiger partial charge in [0.15, 0.2) is 6.61 Å². The third kappa shape index (κ3) is 4.64. The number of carbonyl (C=O) groups excluding carboxylic acids is 2. The number of primary amides is 1. The largest absolute Gasteiger partial charge is 0.484 e. The first-order valence-corrected chi connectivity index (χ1v) is 11.2. The Morgan fingerprint density at radius 2 is 2.19 bits per heavy atom. The van der Waals surface area contributed by atoms with E-state index in [1.54, 1.807) is 22.9 Å². The van der Waals surface area contributed by atoms with Crippen LogP contribution in [-0.4, -0.2) is 46.2 Å². The van der Waals surface area contributed by atoms with Crippen molar-refractivity contribution in [2.24, 2.45) is 5.73 Å². The average molecular weight is 447 g/mol. The molecule has 166 valence electrons. The third-order valence-corrected chi connectivity index (χ3v) is 6.71. The highest BCUT2D eigenvalue weighted by molar-refractivity contribution is 8.00. The Morgan fingerprint density at radius 3 is 2.94 bits per heavy atom. The van der Waals surface area contributed by atoms with Gasteiger partial charge in [0.2, 0.25) is 5.91 Å². The molecule has 9 nitrogen and oxygen atoms in total. The Bertz CT molecular complexity index is 1060. The number of aromatic amines is 1. The van der Waals surface area contributed by atoms with E-state index in [-0.39, 0.29) is 40.7 Å². The van der Waals surface area contributed by atoms with Gasteiger partial charge in [-0.3, -0.25) is 24.2 Å². The molecule has 0 radical (unpaired) electrons. The molecule has 1 saturated heterocycles. The van der Waals surface area contributed by atoms with Crippen LogP contribution in [-0.2, 0) is 14.3 Å². The predicted molar refractivity (Wildman–Crippen MR) is 117 cm³/mol. The van der Waals surface area contributed by atoms with Gasteiger partial charge in [-0.1, -0.05) is 12.1 Å². The molecule has 3 heterocycles. The highest BCUT2D eigenvalue weighted by Gasteiger charge is 2.36. The number of rotatable bonds is 5. The van der Waals surface area contributed by atoms with Crippen LogP contribution in [0.15, 0.2) is 29.1 Å². The number of aromatic nitrogens is 2. The minimum atomic E-state index is -0.570. The summed E-state index contributed by atoms with van der Waals surface area (Å²) >= 11 is 1.38. The lowest BCUT2D eigenvalue weighted by Gasteiger charge is -2.36. The van der Waals surface area contributed by atoms with Gasteiger partial charge in [-0.15, -0.1) is 11.8 Å². The normalized spacial score (nSPS) is 22.8. The number of benzene rings is 1. The van der Waals surface area contributed by atoms with Crippen LogP contribution in [0.4, 0.5) is 5.82 Å². The van der Waals surface area contributed by atoms with Crippen LogP contribution in [0.2, 0.25) is 0 Å². The number of hydrogen-bond donors (Lipinski definition) is 3. The summed E-state index contributed by atoms with van der Waals surface area (Å²) < 4.78 is 13.0. The molecule has 0 saturated carbocycles. The molecule has 2 atom stereocenters. The fourth-order valence-electron chi connectivity index (χ4n) is 4.12. The topological polar surface area (TPSA) is 128 Å². The van der Waals surface area contributed by atoms with Crippen molar-refractivity contribution in [3.05, 3.63) is 45.7 Å². The lowest BCUT2D eigenvalue weighted by atomic mass is 9.94. The van der Waals surface area contributed by atoms with Gasteiger partial charge in [-0.2, -0.15) is 0 Å². The number of fused-ring (bicyclic) bond motifs is 1. The molecule has 0 spiro atoms. The quantitative estimate of drug-likeness (QED) is 0.644. The number of nitrogens with two attached hydrogens (primary N) is 1. The molecule has 31 heavy (non-hydrogen) atoms. The summed E-state index contributed by atoms with van der Waals surface area (Å²) in [7, 11) is 0. The number of H-pyrrole nitrogens is 1. The standard InChI is InChI=1S/C21H26N4O5S/c1-21(2)9-13(6-7-30-21)25-19-17(20(28)24-25)18(31-11-16(27)23-19)12-4-3-5-14(8-12)29-10-15(22)26/h3-5,8,13,18H,6-7,9-11H2,1-2H3,(H2,22,26)(H,23,27)(H,24,28)/t13-,18-/m0/s1. The second kappa shape index (κ2) is 8.43. The molecule has 2 aliphatic heterocycles. The SMILES string of the molecule is CC1(C)C[C@@H](n2[nH]c(=O)c3c2NC(=O)CS[C@H]3c2cccc(OCC(N)=O)c2)CCO1. The maximum absolute atomic E-state index is 13.1. The van der Waals surface area contributed by atoms with Crippen LogP contribution in [0, 0.1) is 0 Å². The second-order valence-electron chi connectivity index (χ2n) is 8.39. The van der Waals surface area contributed by atoms with Crippen LogP contribution in [0.3, 0.4) is 0 Å². The number of carbonyl (C=O) groups is 2. The molecule has 0 aliphatic carbocycles. The number of ether oxygens (including phenoxy) is 2. The molecule has 1 fully saturated rings. The Labute approximate surface area is 183 Å². The molecule has 0 bridgehead atoms. The van der Waals surface area contributed by atoms with E-state index in [1.165, 1.54) is 11.8 Å². The lowest BCUT2D eigenvalue weighted by Crippen LogP contribution is -2.36. The Balaban J connectivity index is 1.73. The zero-order valence-electron chi connectivity index (χ0n) is 17.5. The number of anilines is 1. The summed E-state index contributed by atoms with van der Waals surface area (Å²) in [6, 6.07) is 7.17. The predicted octanol–water partition coefficient (Wildman–Crippen LogP) is 1.95. The first-order chi connectivity index (χ1) is 14.7.